The molecule has 0 radical (unpaired) electrons. The van der Waals surface area contributed by atoms with Gasteiger partial charge in [0, 0.05) is 49.2 Å². The van der Waals surface area contributed by atoms with Crippen LogP contribution < -0.4 is 10.6 Å². The number of aromatic hydroxyl groups is 1. The van der Waals surface area contributed by atoms with Gasteiger partial charge in [0.25, 0.3) is 5.91 Å². The van der Waals surface area contributed by atoms with Crippen molar-refractivity contribution in [1.82, 2.24) is 15.5 Å². The molecule has 0 spiro atoms. The molecule has 2 aliphatic carbocycles. The first-order valence-corrected chi connectivity index (χ1v) is 13.1. The minimum atomic E-state index is -1.13. The number of carbonyl (C=O) groups is 4. The van der Waals surface area contributed by atoms with Gasteiger partial charge in [0.05, 0.1) is 17.1 Å². The fourth-order valence-corrected chi connectivity index (χ4v) is 6.94. The van der Waals surface area contributed by atoms with E-state index in [2.05, 4.69) is 15.5 Å². The number of hydrogen-bond donors (Lipinski definition) is 5. The third-order valence-electron chi connectivity index (χ3n) is 8.80. The quantitative estimate of drug-likeness (QED) is 0.250. The van der Waals surface area contributed by atoms with Crippen molar-refractivity contribution >= 4 is 30.2 Å². The molecule has 204 valence electrons. The van der Waals surface area contributed by atoms with Crippen LogP contribution >= 0.6 is 0 Å². The molecule has 3 amide bonds. The lowest BCUT2D eigenvalue weighted by Crippen LogP contribution is -2.61. The summed E-state index contributed by atoms with van der Waals surface area (Å²) in [5, 5.41) is 35.6. The Morgan fingerprint density at radius 2 is 1.97 bits per heavy atom. The van der Waals surface area contributed by atoms with Crippen molar-refractivity contribution in [3.63, 3.8) is 0 Å². The van der Waals surface area contributed by atoms with E-state index >= 15 is 0 Å². The smallest absolute Gasteiger partial charge is 0.255 e. The van der Waals surface area contributed by atoms with Crippen LogP contribution in [0.3, 0.4) is 0 Å². The zero-order valence-electron chi connectivity index (χ0n) is 21.7. The molecule has 1 heterocycles. The predicted molar refractivity (Wildman–Crippen MR) is 142 cm³/mol. The van der Waals surface area contributed by atoms with Gasteiger partial charge in [-0.05, 0) is 49.1 Å². The Morgan fingerprint density at radius 1 is 1.23 bits per heavy atom. The van der Waals surface area contributed by atoms with E-state index in [0.717, 1.165) is 17.3 Å². The highest BCUT2D eigenvalue weighted by Crippen LogP contribution is 2.59. The third-order valence-corrected chi connectivity index (χ3v) is 8.80. The third kappa shape index (κ3) is 4.24. The Kier molecular flexibility index (Phi) is 6.86. The summed E-state index contributed by atoms with van der Waals surface area (Å²) in [5.74, 6) is -2.01. The zero-order valence-corrected chi connectivity index (χ0v) is 21.7. The topological polar surface area (TPSA) is 160 Å². The van der Waals surface area contributed by atoms with Crippen LogP contribution in [0.25, 0.3) is 0 Å². The fraction of sp³-hybridized carbons (Fsp3) is 0.414. The molecule has 2 fully saturated rings. The maximum Gasteiger partial charge on any atom is 0.255 e. The highest BCUT2D eigenvalue weighted by atomic mass is 16.3. The summed E-state index contributed by atoms with van der Waals surface area (Å²) in [4.78, 5) is 50.2. The van der Waals surface area contributed by atoms with Crippen LogP contribution in [0.1, 0.15) is 57.8 Å². The molecule has 0 aromatic heterocycles. The molecule has 5 N–H and O–H groups in total. The summed E-state index contributed by atoms with van der Waals surface area (Å²) in [6.45, 7) is 0.726. The number of hydrogen-bond acceptors (Lipinski definition) is 8. The minimum Gasteiger partial charge on any atom is -0.507 e. The molecule has 10 nitrogen and oxygen atoms in total. The number of rotatable bonds is 8. The number of Topliss-reactive ketones (excluding diaryl/α,β-unsaturated/α-hetero) is 1. The van der Waals surface area contributed by atoms with Crippen LogP contribution in [-0.4, -0.2) is 77.1 Å². The number of ketones is 1. The van der Waals surface area contributed by atoms with Crippen molar-refractivity contribution < 1.29 is 29.4 Å². The fourth-order valence-electron chi connectivity index (χ4n) is 6.94. The van der Waals surface area contributed by atoms with E-state index < -0.39 is 28.7 Å². The van der Waals surface area contributed by atoms with Crippen LogP contribution in [0.5, 0.6) is 5.75 Å². The summed E-state index contributed by atoms with van der Waals surface area (Å²) >= 11 is 0. The van der Waals surface area contributed by atoms with Gasteiger partial charge in [0.1, 0.15) is 11.5 Å². The van der Waals surface area contributed by atoms with Gasteiger partial charge >= 0.3 is 0 Å². The number of aliphatic hydroxyl groups is 1. The lowest BCUT2D eigenvalue weighted by Gasteiger charge is -2.51. The first kappa shape index (κ1) is 26.7. The maximum absolute atomic E-state index is 13.1. The summed E-state index contributed by atoms with van der Waals surface area (Å²) in [5.41, 5.74) is 0.890. The van der Waals surface area contributed by atoms with Gasteiger partial charge < -0.3 is 20.9 Å². The molecule has 10 heteroatoms. The highest BCUT2D eigenvalue weighted by Gasteiger charge is 2.68. The number of nitrogens with zero attached hydrogens (tertiary/aromatic N) is 1. The first-order valence-electron chi connectivity index (χ1n) is 13.1. The average Bonchev–Trinajstić information content (AvgIpc) is 3.02. The number of imide groups is 1. The molecule has 1 saturated heterocycles. The van der Waals surface area contributed by atoms with Crippen molar-refractivity contribution in [2.24, 2.45) is 0 Å². The second-order valence-electron chi connectivity index (χ2n) is 10.9. The van der Waals surface area contributed by atoms with E-state index in [1.165, 1.54) is 0 Å². The maximum atomic E-state index is 13.1. The summed E-state index contributed by atoms with van der Waals surface area (Å²) in [6.07, 6.45) is 3.07. The molecular formula is C29H32N4O6. The van der Waals surface area contributed by atoms with Gasteiger partial charge in [-0.2, -0.15) is 0 Å². The minimum absolute atomic E-state index is 0.0538. The molecule has 1 aliphatic heterocycles. The normalized spacial score (nSPS) is 26.2. The van der Waals surface area contributed by atoms with E-state index in [1.807, 2.05) is 13.1 Å². The second-order valence-corrected chi connectivity index (χ2v) is 10.9. The highest BCUT2D eigenvalue weighted by molar-refractivity contribution is 6.02. The van der Waals surface area contributed by atoms with Gasteiger partial charge in [0.2, 0.25) is 12.3 Å². The summed E-state index contributed by atoms with van der Waals surface area (Å²) in [7, 11) is 1.93. The number of phenols is 1. The molecule has 2 aromatic carbocycles. The lowest BCUT2D eigenvalue weighted by atomic mass is 9.54. The predicted octanol–water partition coefficient (Wildman–Crippen LogP) is 0.962. The number of carbonyl (C=O) groups excluding carboxylic acids is 4. The monoisotopic (exact) mass is 532 g/mol. The van der Waals surface area contributed by atoms with Gasteiger partial charge in [0.15, 0.2) is 0 Å². The molecule has 4 unspecified atom stereocenters. The zero-order chi connectivity index (χ0) is 27.9. The van der Waals surface area contributed by atoms with Gasteiger partial charge in [-0.3, -0.25) is 29.4 Å². The second kappa shape index (κ2) is 10.0. The Morgan fingerprint density at radius 3 is 2.67 bits per heavy atom. The summed E-state index contributed by atoms with van der Waals surface area (Å²) in [6, 6.07) is 10.3. The van der Waals surface area contributed by atoms with E-state index in [-0.39, 0.29) is 42.5 Å². The molecule has 1 saturated carbocycles. The van der Waals surface area contributed by atoms with Crippen molar-refractivity contribution in [2.45, 2.75) is 55.1 Å². The molecular weight excluding hydrogens is 500 g/mol. The Labute approximate surface area is 225 Å². The average molecular weight is 533 g/mol. The molecule has 4 atom stereocenters. The van der Waals surface area contributed by atoms with Crippen LogP contribution in [0, 0.1) is 5.41 Å². The van der Waals surface area contributed by atoms with Crippen molar-refractivity contribution in [3.8, 4) is 5.75 Å². The van der Waals surface area contributed by atoms with E-state index in [4.69, 9.17) is 5.41 Å². The van der Waals surface area contributed by atoms with Crippen LogP contribution in [-0.2, 0) is 32.6 Å². The molecule has 2 bridgehead atoms. The molecule has 39 heavy (non-hydrogen) atoms. The largest absolute Gasteiger partial charge is 0.507 e. The van der Waals surface area contributed by atoms with E-state index in [1.54, 1.807) is 30.3 Å². The molecule has 2 aromatic rings. The number of phenolic OH excluding ortho intramolecular Hbond substituents is 1. The van der Waals surface area contributed by atoms with Gasteiger partial charge in [-0.25, -0.2) is 0 Å². The number of nitrogens with one attached hydrogen (secondary N) is 3. The number of benzene rings is 2. The molecule has 5 rings (SSSR count). The Hall–Kier alpha value is -3.89. The van der Waals surface area contributed by atoms with Crippen molar-refractivity contribution in [1.29, 1.82) is 5.41 Å². The number of amides is 3. The number of likely N-dealkylation sites (N-methyl/N-ethyl adjacent to an activating group) is 1. The van der Waals surface area contributed by atoms with Gasteiger partial charge in [-0.1, -0.05) is 30.3 Å². The first-order chi connectivity index (χ1) is 18.6. The number of likely N-dealkylation sites (tertiary alicyclic amines) is 1. The number of fused-ring (bicyclic) bond motifs is 1. The standard InChI is InChI=1S/C29H32N4O6/c1-33-15-28-13-20(35)8-10-29(28,39)23(33)12-19-6-7-21(25(36)24(19)28)26(37)31-11-9-17-2-4-18(5-3-17)22(14-30)27(38)32-16-34/h2-7,14,16,22-23,30,36,39H,8-13,15H2,1H3,(H,31,37)(H,32,34,38). The van der Waals surface area contributed by atoms with Crippen molar-refractivity contribution in [3.05, 3.63) is 64.2 Å². The van der Waals surface area contributed by atoms with Crippen LogP contribution in [0.2, 0.25) is 0 Å². The van der Waals surface area contributed by atoms with E-state index in [0.29, 0.717) is 43.4 Å². The Bertz CT molecular complexity index is 1360. The Balaban J connectivity index is 1.31. The van der Waals surface area contributed by atoms with Crippen molar-refractivity contribution in [2.75, 3.05) is 20.1 Å². The van der Waals surface area contributed by atoms with Crippen LogP contribution in [0.15, 0.2) is 36.4 Å². The SMILES string of the molecule is CN1CC23CC(=O)CCC2(O)C1Cc1ccc(C(=O)NCCc2ccc(C(C=N)C(=O)NC=O)cc2)c(O)c13. The van der Waals surface area contributed by atoms with Crippen LogP contribution in [0.4, 0.5) is 0 Å². The van der Waals surface area contributed by atoms with Gasteiger partial charge in [-0.15, -0.1) is 0 Å². The summed E-state index contributed by atoms with van der Waals surface area (Å²) < 4.78 is 0. The molecule has 3 aliphatic rings. The lowest BCUT2D eigenvalue weighted by molar-refractivity contribution is -0.133. The van der Waals surface area contributed by atoms with E-state index in [9.17, 15) is 29.4 Å².